The van der Waals surface area contributed by atoms with Gasteiger partial charge in [0.2, 0.25) is 0 Å². The molecule has 0 saturated heterocycles. The van der Waals surface area contributed by atoms with Crippen LogP contribution in [0.1, 0.15) is 0 Å². The van der Waals surface area contributed by atoms with E-state index in [0.29, 0.717) is 5.75 Å². The Balaban J connectivity index is 3.01. The SMILES string of the molecule is C=Bc1ccc(O)cc1. The Morgan fingerprint density at radius 2 is 1.78 bits per heavy atom. The molecule has 0 amide bonds. The molecule has 1 aromatic carbocycles. The molecule has 9 heavy (non-hydrogen) atoms. The Bertz CT molecular complexity index is 203. The molecule has 0 fully saturated rings. The van der Waals surface area contributed by atoms with E-state index in [0.717, 1.165) is 5.46 Å². The molecule has 2 heteroatoms. The van der Waals surface area contributed by atoms with Crippen molar-refractivity contribution in [3.05, 3.63) is 24.3 Å². The van der Waals surface area contributed by atoms with Crippen LogP contribution in [0.5, 0.6) is 5.75 Å². The number of rotatable bonds is 1. The van der Waals surface area contributed by atoms with Crippen LogP contribution in [0.2, 0.25) is 0 Å². The minimum absolute atomic E-state index is 0.292. The first-order chi connectivity index (χ1) is 4.33. The van der Waals surface area contributed by atoms with Gasteiger partial charge in [0, 0.05) is 0 Å². The summed E-state index contributed by atoms with van der Waals surface area (Å²) < 4.78 is 0. The average Bonchev–Trinajstić information content (AvgIpc) is 1.90. The fourth-order valence-electron chi connectivity index (χ4n) is 0.610. The molecule has 0 aliphatic rings. The molecule has 0 aliphatic carbocycles. The fraction of sp³-hybridized carbons (Fsp3) is 0. The molecule has 0 aliphatic heterocycles. The van der Waals surface area contributed by atoms with Gasteiger partial charge in [-0.15, -0.1) is 0 Å². The molecule has 0 unspecified atom stereocenters. The van der Waals surface area contributed by atoms with E-state index in [4.69, 9.17) is 5.11 Å². The Kier molecular flexibility index (Phi) is 1.68. The monoisotopic (exact) mass is 118 g/mol. The normalized spacial score (nSPS) is 8.44. The van der Waals surface area contributed by atoms with Gasteiger partial charge < -0.3 is 0 Å². The number of phenolic OH excluding ortho intramolecular Hbond substituents is 1. The summed E-state index contributed by atoms with van der Waals surface area (Å²) in [6.45, 7) is 5.31. The number of hydrogen-bond acceptors (Lipinski definition) is 1. The molecular formula is C7H7BO. The van der Waals surface area contributed by atoms with Crippen molar-refractivity contribution in [2.75, 3.05) is 0 Å². The van der Waals surface area contributed by atoms with Crippen LogP contribution < -0.4 is 5.46 Å². The first-order valence-electron chi connectivity index (χ1n) is 2.74. The second-order valence-corrected chi connectivity index (χ2v) is 1.80. The molecular weight excluding hydrogens is 111 g/mol. The van der Waals surface area contributed by atoms with Gasteiger partial charge in [-0.25, -0.2) is 0 Å². The van der Waals surface area contributed by atoms with Crippen molar-refractivity contribution in [1.29, 1.82) is 0 Å². The molecule has 44 valence electrons. The summed E-state index contributed by atoms with van der Waals surface area (Å²) in [5, 5.41) is 8.82. The van der Waals surface area contributed by atoms with Gasteiger partial charge in [-0.1, -0.05) is 0 Å². The minimum atomic E-state index is 0.292. The van der Waals surface area contributed by atoms with Gasteiger partial charge in [-0.2, -0.15) is 0 Å². The predicted octanol–water partition coefficient (Wildman–Crippen LogP) is 0.154. The third-order valence-corrected chi connectivity index (χ3v) is 1.13. The van der Waals surface area contributed by atoms with Crippen LogP contribution in [0.3, 0.4) is 0 Å². The molecule has 0 spiro atoms. The van der Waals surface area contributed by atoms with Crippen molar-refractivity contribution >= 4 is 18.9 Å². The molecule has 1 aromatic rings. The van der Waals surface area contributed by atoms with E-state index < -0.39 is 0 Å². The zero-order valence-corrected chi connectivity index (χ0v) is 5.04. The van der Waals surface area contributed by atoms with Crippen LogP contribution in [0.4, 0.5) is 0 Å². The van der Waals surface area contributed by atoms with Crippen molar-refractivity contribution in [1.82, 2.24) is 0 Å². The molecule has 0 bridgehead atoms. The van der Waals surface area contributed by atoms with E-state index in [-0.39, 0.29) is 0 Å². The summed E-state index contributed by atoms with van der Waals surface area (Å²) in [6, 6.07) is 6.89. The van der Waals surface area contributed by atoms with Gasteiger partial charge in [0.15, 0.2) is 0 Å². The Labute approximate surface area is 54.9 Å². The fourth-order valence-corrected chi connectivity index (χ4v) is 0.610. The van der Waals surface area contributed by atoms with Gasteiger partial charge in [-0.05, 0) is 0 Å². The summed E-state index contributed by atoms with van der Waals surface area (Å²) in [4.78, 5) is 0. The van der Waals surface area contributed by atoms with Gasteiger partial charge in [0.05, 0.1) is 0 Å². The van der Waals surface area contributed by atoms with Crippen molar-refractivity contribution < 1.29 is 5.11 Å². The molecule has 0 aromatic heterocycles. The second kappa shape index (κ2) is 2.49. The predicted molar refractivity (Wildman–Crippen MR) is 40.6 cm³/mol. The first kappa shape index (κ1) is 6.08. The maximum absolute atomic E-state index is 8.82. The molecule has 1 N–H and O–H groups in total. The van der Waals surface area contributed by atoms with E-state index in [9.17, 15) is 0 Å². The van der Waals surface area contributed by atoms with Crippen molar-refractivity contribution in [3.63, 3.8) is 0 Å². The van der Waals surface area contributed by atoms with Crippen molar-refractivity contribution in [2.45, 2.75) is 0 Å². The number of hydrogen-bond donors (Lipinski definition) is 1. The van der Waals surface area contributed by atoms with Gasteiger partial charge in [-0.3, -0.25) is 0 Å². The summed E-state index contributed by atoms with van der Waals surface area (Å²) in [6.07, 6.45) is 0. The standard InChI is InChI=1S/C7H7BO/c1-8-6-2-4-7(9)5-3-6/h2-5,9H,1H2. The van der Waals surface area contributed by atoms with Crippen molar-refractivity contribution in [2.24, 2.45) is 0 Å². The molecule has 0 saturated carbocycles. The molecule has 0 atom stereocenters. The molecule has 0 radical (unpaired) electrons. The number of phenols is 1. The van der Waals surface area contributed by atoms with Crippen molar-refractivity contribution in [3.8, 4) is 5.75 Å². The van der Waals surface area contributed by atoms with Gasteiger partial charge in [0.1, 0.15) is 0 Å². The first-order valence-corrected chi connectivity index (χ1v) is 2.74. The third-order valence-electron chi connectivity index (χ3n) is 1.13. The van der Waals surface area contributed by atoms with Gasteiger partial charge >= 0.3 is 54.0 Å². The summed E-state index contributed by atoms with van der Waals surface area (Å²) in [5.41, 5.74) is 1.02. The Morgan fingerprint density at radius 3 is 2.22 bits per heavy atom. The third kappa shape index (κ3) is 1.42. The maximum atomic E-state index is 8.82. The van der Waals surface area contributed by atoms with E-state index in [1.807, 2.05) is 12.1 Å². The Morgan fingerprint density at radius 1 is 1.22 bits per heavy atom. The van der Waals surface area contributed by atoms with E-state index in [1.54, 1.807) is 19.1 Å². The Hall–Kier alpha value is -1.05. The number of benzene rings is 1. The second-order valence-electron chi connectivity index (χ2n) is 1.80. The van der Waals surface area contributed by atoms with E-state index in [1.165, 1.54) is 0 Å². The van der Waals surface area contributed by atoms with Crippen LogP contribution >= 0.6 is 0 Å². The zero-order chi connectivity index (χ0) is 6.69. The summed E-state index contributed by atoms with van der Waals surface area (Å²) >= 11 is 0. The van der Waals surface area contributed by atoms with E-state index in [2.05, 4.69) is 6.47 Å². The van der Waals surface area contributed by atoms with Crippen LogP contribution in [-0.4, -0.2) is 18.5 Å². The zero-order valence-electron chi connectivity index (χ0n) is 5.04. The van der Waals surface area contributed by atoms with Crippen LogP contribution in [0.15, 0.2) is 24.3 Å². The topological polar surface area (TPSA) is 20.2 Å². The van der Waals surface area contributed by atoms with Gasteiger partial charge in [0.25, 0.3) is 0 Å². The van der Waals surface area contributed by atoms with Crippen LogP contribution in [-0.2, 0) is 0 Å². The van der Waals surface area contributed by atoms with E-state index >= 15 is 0 Å². The number of aromatic hydroxyl groups is 1. The average molecular weight is 118 g/mol. The van der Waals surface area contributed by atoms with Crippen LogP contribution in [0, 0.1) is 0 Å². The molecule has 0 heterocycles. The summed E-state index contributed by atoms with van der Waals surface area (Å²) in [5.74, 6) is 0.292. The molecule has 1 nitrogen and oxygen atoms in total. The van der Waals surface area contributed by atoms with Crippen LogP contribution in [0.25, 0.3) is 0 Å². The quantitative estimate of drug-likeness (QED) is 0.520. The summed E-state index contributed by atoms with van der Waals surface area (Å²) in [7, 11) is 0. The molecule has 1 rings (SSSR count).